The van der Waals surface area contributed by atoms with E-state index in [1.165, 1.54) is 32.1 Å². The standard InChI is InChI=1S/C17H28N2O/c1-13(2)20-16-8-5-10-18-17(16)19-11-9-15-7-4-6-14(3)12-15/h5,8,10,13-15H,4,6-7,9,11-12H2,1-3H3,(H,18,19). The van der Waals surface area contributed by atoms with E-state index in [1.54, 1.807) is 0 Å². The van der Waals surface area contributed by atoms with Crippen LogP contribution in [0.25, 0.3) is 0 Å². The first-order valence-electron chi connectivity index (χ1n) is 8.00. The summed E-state index contributed by atoms with van der Waals surface area (Å²) in [6.45, 7) is 7.45. The van der Waals surface area contributed by atoms with Crippen LogP contribution in [0, 0.1) is 11.8 Å². The molecule has 0 radical (unpaired) electrons. The SMILES string of the molecule is CC1CCCC(CCNc2ncccc2OC(C)C)C1. The lowest BCUT2D eigenvalue weighted by Crippen LogP contribution is -2.17. The van der Waals surface area contributed by atoms with Gasteiger partial charge in [0.25, 0.3) is 0 Å². The molecule has 1 heterocycles. The zero-order chi connectivity index (χ0) is 14.4. The third kappa shape index (κ3) is 4.69. The maximum atomic E-state index is 5.78. The Kier molecular flexibility index (Phi) is 5.69. The van der Waals surface area contributed by atoms with Crippen LogP contribution < -0.4 is 10.1 Å². The van der Waals surface area contributed by atoms with Crippen LogP contribution in [0.2, 0.25) is 0 Å². The van der Waals surface area contributed by atoms with Crippen molar-refractivity contribution < 1.29 is 4.74 Å². The largest absolute Gasteiger partial charge is 0.487 e. The average Bonchev–Trinajstić information content (AvgIpc) is 2.40. The van der Waals surface area contributed by atoms with Crippen molar-refractivity contribution in [1.29, 1.82) is 0 Å². The van der Waals surface area contributed by atoms with Crippen molar-refractivity contribution in [3.8, 4) is 5.75 Å². The van der Waals surface area contributed by atoms with E-state index in [9.17, 15) is 0 Å². The predicted molar refractivity (Wildman–Crippen MR) is 84.2 cm³/mol. The molecular weight excluding hydrogens is 248 g/mol. The summed E-state index contributed by atoms with van der Waals surface area (Å²) >= 11 is 0. The van der Waals surface area contributed by atoms with Gasteiger partial charge in [-0.25, -0.2) is 4.98 Å². The molecule has 0 saturated heterocycles. The molecule has 3 heteroatoms. The van der Waals surface area contributed by atoms with Crippen LogP contribution >= 0.6 is 0 Å². The highest BCUT2D eigenvalue weighted by Crippen LogP contribution is 2.31. The summed E-state index contributed by atoms with van der Waals surface area (Å²) in [7, 11) is 0. The molecule has 20 heavy (non-hydrogen) atoms. The maximum Gasteiger partial charge on any atom is 0.168 e. The van der Waals surface area contributed by atoms with Gasteiger partial charge in [-0.05, 0) is 50.7 Å². The minimum Gasteiger partial charge on any atom is -0.487 e. The highest BCUT2D eigenvalue weighted by atomic mass is 16.5. The van der Waals surface area contributed by atoms with Gasteiger partial charge >= 0.3 is 0 Å². The molecular formula is C17H28N2O. The van der Waals surface area contributed by atoms with Crippen LogP contribution in [0.1, 0.15) is 52.9 Å². The number of rotatable bonds is 6. The molecule has 1 aliphatic rings. The number of nitrogens with one attached hydrogen (secondary N) is 1. The Balaban J connectivity index is 1.81. The molecule has 1 aromatic heterocycles. The van der Waals surface area contributed by atoms with E-state index in [0.717, 1.165) is 29.9 Å². The van der Waals surface area contributed by atoms with E-state index in [2.05, 4.69) is 17.2 Å². The summed E-state index contributed by atoms with van der Waals surface area (Å²) in [5.74, 6) is 3.53. The van der Waals surface area contributed by atoms with E-state index < -0.39 is 0 Å². The normalized spacial score (nSPS) is 22.8. The molecule has 0 aliphatic heterocycles. The number of nitrogens with zero attached hydrogens (tertiary/aromatic N) is 1. The molecule has 1 N–H and O–H groups in total. The molecule has 1 fully saturated rings. The van der Waals surface area contributed by atoms with Gasteiger partial charge in [0.05, 0.1) is 6.10 Å². The molecule has 2 atom stereocenters. The van der Waals surface area contributed by atoms with Crippen LogP contribution in [-0.2, 0) is 0 Å². The molecule has 3 nitrogen and oxygen atoms in total. The minimum absolute atomic E-state index is 0.180. The lowest BCUT2D eigenvalue weighted by molar-refractivity contribution is 0.242. The number of hydrogen-bond acceptors (Lipinski definition) is 3. The molecule has 1 aromatic rings. The molecule has 0 amide bonds. The van der Waals surface area contributed by atoms with Gasteiger partial charge in [0.15, 0.2) is 11.6 Å². The maximum absolute atomic E-state index is 5.78. The first-order valence-corrected chi connectivity index (χ1v) is 8.00. The van der Waals surface area contributed by atoms with E-state index in [0.29, 0.717) is 0 Å². The fraction of sp³-hybridized carbons (Fsp3) is 0.706. The van der Waals surface area contributed by atoms with E-state index >= 15 is 0 Å². The Morgan fingerprint density at radius 1 is 1.40 bits per heavy atom. The Labute approximate surface area is 123 Å². The van der Waals surface area contributed by atoms with Gasteiger partial charge in [-0.1, -0.05) is 26.2 Å². The fourth-order valence-corrected chi connectivity index (χ4v) is 3.09. The quantitative estimate of drug-likeness (QED) is 0.830. The van der Waals surface area contributed by atoms with Crippen LogP contribution in [0.3, 0.4) is 0 Å². The monoisotopic (exact) mass is 276 g/mol. The fourth-order valence-electron chi connectivity index (χ4n) is 3.09. The number of aromatic nitrogens is 1. The summed E-state index contributed by atoms with van der Waals surface area (Å²) in [5, 5.41) is 3.44. The summed E-state index contributed by atoms with van der Waals surface area (Å²) in [5.41, 5.74) is 0. The van der Waals surface area contributed by atoms with Crippen molar-refractivity contribution in [2.75, 3.05) is 11.9 Å². The third-order valence-electron chi connectivity index (χ3n) is 4.02. The topological polar surface area (TPSA) is 34.2 Å². The average molecular weight is 276 g/mol. The van der Waals surface area contributed by atoms with Gasteiger partial charge in [0.1, 0.15) is 0 Å². The van der Waals surface area contributed by atoms with Crippen molar-refractivity contribution in [2.45, 2.75) is 59.0 Å². The number of ether oxygens (including phenoxy) is 1. The molecule has 112 valence electrons. The van der Waals surface area contributed by atoms with Crippen molar-refractivity contribution >= 4 is 5.82 Å². The second kappa shape index (κ2) is 7.51. The summed E-state index contributed by atoms with van der Waals surface area (Å²) < 4.78 is 5.78. The Morgan fingerprint density at radius 3 is 3.00 bits per heavy atom. The molecule has 0 aromatic carbocycles. The second-order valence-corrected chi connectivity index (χ2v) is 6.37. The predicted octanol–water partition coefficient (Wildman–Crippen LogP) is 4.50. The number of hydrogen-bond donors (Lipinski definition) is 1. The van der Waals surface area contributed by atoms with Crippen LogP contribution in [0.5, 0.6) is 5.75 Å². The zero-order valence-electron chi connectivity index (χ0n) is 13.1. The summed E-state index contributed by atoms with van der Waals surface area (Å²) in [4.78, 5) is 4.39. The number of pyridine rings is 1. The molecule has 0 bridgehead atoms. The van der Waals surface area contributed by atoms with Gasteiger partial charge in [-0.3, -0.25) is 0 Å². The van der Waals surface area contributed by atoms with Crippen molar-refractivity contribution in [3.63, 3.8) is 0 Å². The molecule has 0 spiro atoms. The Morgan fingerprint density at radius 2 is 2.25 bits per heavy atom. The first-order chi connectivity index (χ1) is 9.65. The highest BCUT2D eigenvalue weighted by molar-refractivity contribution is 5.49. The lowest BCUT2D eigenvalue weighted by atomic mass is 9.81. The van der Waals surface area contributed by atoms with Gasteiger partial charge in [0.2, 0.25) is 0 Å². The Hall–Kier alpha value is -1.25. The van der Waals surface area contributed by atoms with E-state index in [1.807, 2.05) is 32.2 Å². The summed E-state index contributed by atoms with van der Waals surface area (Å²) in [6, 6.07) is 3.91. The lowest BCUT2D eigenvalue weighted by Gasteiger charge is -2.26. The highest BCUT2D eigenvalue weighted by Gasteiger charge is 2.18. The molecule has 1 saturated carbocycles. The van der Waals surface area contributed by atoms with Crippen molar-refractivity contribution in [1.82, 2.24) is 4.98 Å². The molecule has 2 rings (SSSR count). The van der Waals surface area contributed by atoms with Crippen LogP contribution in [-0.4, -0.2) is 17.6 Å². The summed E-state index contributed by atoms with van der Waals surface area (Å²) in [6.07, 6.45) is 8.83. The van der Waals surface area contributed by atoms with Crippen LogP contribution in [0.4, 0.5) is 5.82 Å². The Bertz CT molecular complexity index is 406. The minimum atomic E-state index is 0.180. The van der Waals surface area contributed by atoms with Crippen LogP contribution in [0.15, 0.2) is 18.3 Å². The van der Waals surface area contributed by atoms with Gasteiger partial charge < -0.3 is 10.1 Å². The van der Waals surface area contributed by atoms with E-state index in [-0.39, 0.29) is 6.10 Å². The van der Waals surface area contributed by atoms with E-state index in [4.69, 9.17) is 4.74 Å². The van der Waals surface area contributed by atoms with Crippen molar-refractivity contribution in [3.05, 3.63) is 18.3 Å². The third-order valence-corrected chi connectivity index (χ3v) is 4.02. The first kappa shape index (κ1) is 15.1. The molecule has 2 unspecified atom stereocenters. The second-order valence-electron chi connectivity index (χ2n) is 6.37. The van der Waals surface area contributed by atoms with Crippen molar-refractivity contribution in [2.24, 2.45) is 11.8 Å². The smallest absolute Gasteiger partial charge is 0.168 e. The van der Waals surface area contributed by atoms with Gasteiger partial charge in [-0.2, -0.15) is 0 Å². The molecule has 1 aliphatic carbocycles. The zero-order valence-corrected chi connectivity index (χ0v) is 13.1. The van der Waals surface area contributed by atoms with Gasteiger partial charge in [0, 0.05) is 12.7 Å². The van der Waals surface area contributed by atoms with Gasteiger partial charge in [-0.15, -0.1) is 0 Å². The number of anilines is 1.